The summed E-state index contributed by atoms with van der Waals surface area (Å²) in [4.78, 5) is 16.0. The van der Waals surface area contributed by atoms with E-state index in [4.69, 9.17) is 4.74 Å². The molecule has 0 saturated carbocycles. The molecule has 2 fully saturated rings. The van der Waals surface area contributed by atoms with E-state index in [9.17, 15) is 4.79 Å². The first-order valence-electron chi connectivity index (χ1n) is 6.61. The van der Waals surface area contributed by atoms with Gasteiger partial charge in [0.15, 0.2) is 0 Å². The van der Waals surface area contributed by atoms with Gasteiger partial charge in [0, 0.05) is 30.7 Å². The first kappa shape index (κ1) is 11.7. The van der Waals surface area contributed by atoms with Crippen LogP contribution in [0.4, 0.5) is 0 Å². The van der Waals surface area contributed by atoms with Crippen LogP contribution in [0.5, 0.6) is 0 Å². The van der Waals surface area contributed by atoms with E-state index in [2.05, 4.69) is 10.3 Å². The summed E-state index contributed by atoms with van der Waals surface area (Å²) in [6.07, 6.45) is 5.04. The van der Waals surface area contributed by atoms with Gasteiger partial charge in [0.2, 0.25) is 0 Å². The average molecular weight is 246 g/mol. The zero-order chi connectivity index (χ0) is 12.4. The molecule has 2 aliphatic rings. The molecule has 96 valence electrons. The topological polar surface area (TPSA) is 51.2 Å². The molecule has 2 aliphatic heterocycles. The summed E-state index contributed by atoms with van der Waals surface area (Å²) in [5.41, 5.74) is 0.818. The third-order valence-corrected chi connectivity index (χ3v) is 4.11. The molecule has 1 spiro atoms. The molecule has 1 N–H and O–H groups in total. The number of carbonyl (C=O) groups excluding carboxylic acids is 1. The Kier molecular flexibility index (Phi) is 3.04. The number of esters is 1. The Bertz CT molecular complexity index is 427. The van der Waals surface area contributed by atoms with E-state index < -0.39 is 0 Å². The summed E-state index contributed by atoms with van der Waals surface area (Å²) < 4.78 is 5.67. The highest BCUT2D eigenvalue weighted by molar-refractivity contribution is 5.73. The molecule has 1 aromatic rings. The normalized spacial score (nSPS) is 26.2. The Morgan fingerprint density at radius 2 is 2.22 bits per heavy atom. The lowest BCUT2D eigenvalue weighted by atomic mass is 9.78. The van der Waals surface area contributed by atoms with Crippen molar-refractivity contribution in [2.75, 3.05) is 13.1 Å². The third kappa shape index (κ3) is 2.12. The molecule has 0 aromatic carbocycles. The Balaban J connectivity index is 1.79. The zero-order valence-electron chi connectivity index (χ0n) is 10.4. The zero-order valence-corrected chi connectivity index (χ0v) is 10.4. The van der Waals surface area contributed by atoms with Crippen LogP contribution in [-0.2, 0) is 16.0 Å². The van der Waals surface area contributed by atoms with E-state index >= 15 is 0 Å². The number of hydrogen-bond donors (Lipinski definition) is 1. The van der Waals surface area contributed by atoms with Crippen molar-refractivity contribution in [3.63, 3.8) is 0 Å². The van der Waals surface area contributed by atoms with Crippen LogP contribution in [0.3, 0.4) is 0 Å². The van der Waals surface area contributed by atoms with Gasteiger partial charge in [-0.05, 0) is 31.6 Å². The molecule has 1 aromatic heterocycles. The van der Waals surface area contributed by atoms with E-state index in [-0.39, 0.29) is 17.5 Å². The highest BCUT2D eigenvalue weighted by atomic mass is 16.6. The summed E-state index contributed by atoms with van der Waals surface area (Å²) >= 11 is 0. The number of ether oxygens (including phenoxy) is 1. The van der Waals surface area contributed by atoms with Gasteiger partial charge in [-0.3, -0.25) is 9.78 Å². The molecule has 3 rings (SSSR count). The maximum Gasteiger partial charge on any atom is 0.306 e. The first-order chi connectivity index (χ1) is 8.78. The van der Waals surface area contributed by atoms with Gasteiger partial charge in [-0.15, -0.1) is 0 Å². The van der Waals surface area contributed by atoms with Gasteiger partial charge >= 0.3 is 5.97 Å². The third-order valence-electron chi connectivity index (χ3n) is 4.11. The van der Waals surface area contributed by atoms with Crippen molar-refractivity contribution in [3.8, 4) is 0 Å². The maximum absolute atomic E-state index is 11.7. The number of rotatable bonds is 2. The average Bonchev–Trinajstić information content (AvgIpc) is 2.67. The second-order valence-corrected chi connectivity index (χ2v) is 5.22. The SMILES string of the molecule is O=C1CC(Cc2ccccn2)C2(CCNCC2)O1. The molecule has 0 amide bonds. The number of piperidine rings is 1. The molecular formula is C14H18N2O2. The van der Waals surface area contributed by atoms with Crippen LogP contribution in [0.1, 0.15) is 25.0 Å². The summed E-state index contributed by atoms with van der Waals surface area (Å²) in [5, 5.41) is 3.33. The van der Waals surface area contributed by atoms with Crippen LogP contribution >= 0.6 is 0 Å². The van der Waals surface area contributed by atoms with Crippen molar-refractivity contribution in [2.45, 2.75) is 31.3 Å². The fraction of sp³-hybridized carbons (Fsp3) is 0.571. The second kappa shape index (κ2) is 4.69. The van der Waals surface area contributed by atoms with Crippen molar-refractivity contribution in [2.24, 2.45) is 5.92 Å². The van der Waals surface area contributed by atoms with Crippen LogP contribution < -0.4 is 5.32 Å². The number of pyridine rings is 1. The predicted octanol–water partition coefficient (Wildman–Crippen LogP) is 1.31. The summed E-state index contributed by atoms with van der Waals surface area (Å²) in [6.45, 7) is 1.87. The van der Waals surface area contributed by atoms with Crippen molar-refractivity contribution in [3.05, 3.63) is 30.1 Å². The van der Waals surface area contributed by atoms with Crippen LogP contribution in [0.15, 0.2) is 24.4 Å². The van der Waals surface area contributed by atoms with Gasteiger partial charge in [-0.2, -0.15) is 0 Å². The van der Waals surface area contributed by atoms with Crippen LogP contribution in [0.2, 0.25) is 0 Å². The molecule has 2 saturated heterocycles. The number of carbonyl (C=O) groups is 1. The predicted molar refractivity (Wildman–Crippen MR) is 67.0 cm³/mol. The monoisotopic (exact) mass is 246 g/mol. The van der Waals surface area contributed by atoms with Crippen molar-refractivity contribution < 1.29 is 9.53 Å². The van der Waals surface area contributed by atoms with E-state index in [1.54, 1.807) is 0 Å². The van der Waals surface area contributed by atoms with Crippen molar-refractivity contribution in [1.82, 2.24) is 10.3 Å². The van der Waals surface area contributed by atoms with Crippen molar-refractivity contribution >= 4 is 5.97 Å². The fourth-order valence-electron chi connectivity index (χ4n) is 3.13. The van der Waals surface area contributed by atoms with Gasteiger partial charge in [0.1, 0.15) is 5.60 Å². The van der Waals surface area contributed by atoms with Gasteiger partial charge in [-0.25, -0.2) is 0 Å². The Hall–Kier alpha value is -1.42. The highest BCUT2D eigenvalue weighted by Gasteiger charge is 2.49. The Morgan fingerprint density at radius 1 is 1.39 bits per heavy atom. The number of nitrogens with one attached hydrogen (secondary N) is 1. The van der Waals surface area contributed by atoms with Crippen LogP contribution in [0, 0.1) is 5.92 Å². The minimum atomic E-state index is -0.236. The van der Waals surface area contributed by atoms with Gasteiger partial charge in [0.05, 0.1) is 6.42 Å². The molecule has 4 nitrogen and oxygen atoms in total. The molecule has 3 heterocycles. The molecular weight excluding hydrogens is 228 g/mol. The number of hydrogen-bond acceptors (Lipinski definition) is 4. The molecule has 0 aliphatic carbocycles. The van der Waals surface area contributed by atoms with Gasteiger partial charge in [0.25, 0.3) is 0 Å². The molecule has 0 bridgehead atoms. The van der Waals surface area contributed by atoms with E-state index in [0.29, 0.717) is 6.42 Å². The molecule has 0 radical (unpaired) electrons. The Labute approximate surface area is 107 Å². The lowest BCUT2D eigenvalue weighted by Gasteiger charge is -2.37. The quantitative estimate of drug-likeness (QED) is 0.799. The minimum absolute atomic E-state index is 0.0437. The number of aromatic nitrogens is 1. The summed E-state index contributed by atoms with van der Waals surface area (Å²) in [5.74, 6) is 0.236. The molecule has 1 unspecified atom stereocenters. The molecule has 4 heteroatoms. The van der Waals surface area contributed by atoms with E-state index in [1.807, 2.05) is 24.4 Å². The fourth-order valence-corrected chi connectivity index (χ4v) is 3.13. The smallest absolute Gasteiger partial charge is 0.306 e. The largest absolute Gasteiger partial charge is 0.459 e. The summed E-state index contributed by atoms with van der Waals surface area (Å²) in [7, 11) is 0. The summed E-state index contributed by atoms with van der Waals surface area (Å²) in [6, 6.07) is 5.94. The first-order valence-corrected chi connectivity index (χ1v) is 6.61. The maximum atomic E-state index is 11.7. The molecule has 1 atom stereocenters. The van der Waals surface area contributed by atoms with E-state index in [1.165, 1.54) is 0 Å². The lowest BCUT2D eigenvalue weighted by Crippen LogP contribution is -2.46. The van der Waals surface area contributed by atoms with E-state index in [0.717, 1.165) is 38.0 Å². The van der Waals surface area contributed by atoms with Crippen LogP contribution in [-0.4, -0.2) is 29.6 Å². The second-order valence-electron chi connectivity index (χ2n) is 5.22. The Morgan fingerprint density at radius 3 is 2.94 bits per heavy atom. The van der Waals surface area contributed by atoms with Crippen LogP contribution in [0.25, 0.3) is 0 Å². The van der Waals surface area contributed by atoms with Gasteiger partial charge < -0.3 is 10.1 Å². The standard InChI is InChI=1S/C14H18N2O2/c17-13-10-11(9-12-3-1-2-6-16-12)14(18-13)4-7-15-8-5-14/h1-3,6,11,15H,4-5,7-10H2. The lowest BCUT2D eigenvalue weighted by molar-refractivity contribution is -0.151. The van der Waals surface area contributed by atoms with Crippen molar-refractivity contribution in [1.29, 1.82) is 0 Å². The van der Waals surface area contributed by atoms with Gasteiger partial charge in [-0.1, -0.05) is 6.07 Å². The number of nitrogens with zero attached hydrogens (tertiary/aromatic N) is 1. The minimum Gasteiger partial charge on any atom is -0.459 e. The highest BCUT2D eigenvalue weighted by Crippen LogP contribution is 2.41. The molecule has 18 heavy (non-hydrogen) atoms.